The van der Waals surface area contributed by atoms with Crippen molar-refractivity contribution in [3.8, 4) is 0 Å². The van der Waals surface area contributed by atoms with Gasteiger partial charge in [-0.1, -0.05) is 19.3 Å². The molecule has 2 aromatic heterocycles. The Morgan fingerprint density at radius 3 is 2.73 bits per heavy atom. The van der Waals surface area contributed by atoms with Gasteiger partial charge in [-0.05, 0) is 39.2 Å². The van der Waals surface area contributed by atoms with E-state index in [2.05, 4.69) is 25.3 Å². The lowest BCUT2D eigenvalue weighted by atomic mass is 9.85. The number of H-pyrrole nitrogens is 2. The van der Waals surface area contributed by atoms with Crippen molar-refractivity contribution in [1.82, 2.24) is 29.9 Å². The molecule has 26 heavy (non-hydrogen) atoms. The van der Waals surface area contributed by atoms with Crippen LogP contribution in [0.25, 0.3) is 0 Å². The lowest BCUT2D eigenvalue weighted by Gasteiger charge is -2.32. The van der Waals surface area contributed by atoms with Crippen LogP contribution >= 0.6 is 0 Å². The normalized spacial score (nSPS) is 22.7. The molecule has 2 N–H and O–H groups in total. The molecule has 2 aliphatic rings. The number of nitrogens with zero attached hydrogens (tertiary/aromatic N) is 4. The van der Waals surface area contributed by atoms with E-state index in [4.69, 9.17) is 0 Å². The lowest BCUT2D eigenvalue weighted by molar-refractivity contribution is 0.193. The first-order valence-electron chi connectivity index (χ1n) is 10.2. The molecule has 3 heterocycles. The SMILES string of the molecule is CCn1c(C2CCCN(Cc3cn[nH]c3C3CCCCC3)C2)n[nH]c1=O. The fraction of sp³-hybridized carbons (Fsp3) is 0.737. The van der Waals surface area contributed by atoms with Crippen LogP contribution in [0.5, 0.6) is 0 Å². The highest BCUT2D eigenvalue weighted by Crippen LogP contribution is 2.34. The van der Waals surface area contributed by atoms with Crippen molar-refractivity contribution in [1.29, 1.82) is 0 Å². The first-order valence-corrected chi connectivity index (χ1v) is 10.2. The second kappa shape index (κ2) is 7.78. The standard InChI is InChI=1S/C19H30N6O/c1-2-25-18(22-23-19(25)26)15-9-6-10-24(12-15)13-16-11-20-21-17(16)14-7-4-3-5-8-14/h11,14-15H,2-10,12-13H2,1H3,(H,20,21)(H,23,26). The van der Waals surface area contributed by atoms with E-state index >= 15 is 0 Å². The van der Waals surface area contributed by atoms with Crippen molar-refractivity contribution in [2.75, 3.05) is 13.1 Å². The van der Waals surface area contributed by atoms with E-state index < -0.39 is 0 Å². The van der Waals surface area contributed by atoms with Gasteiger partial charge in [0.1, 0.15) is 5.82 Å². The molecule has 7 heteroatoms. The minimum absolute atomic E-state index is 0.0888. The molecule has 0 bridgehead atoms. The van der Waals surface area contributed by atoms with Gasteiger partial charge in [0.2, 0.25) is 0 Å². The average Bonchev–Trinajstić information content (AvgIpc) is 3.29. The first kappa shape index (κ1) is 17.5. The summed E-state index contributed by atoms with van der Waals surface area (Å²) in [4.78, 5) is 14.4. The van der Waals surface area contributed by atoms with Gasteiger partial charge < -0.3 is 0 Å². The number of aromatic nitrogens is 5. The van der Waals surface area contributed by atoms with E-state index in [9.17, 15) is 4.79 Å². The number of hydrogen-bond acceptors (Lipinski definition) is 4. The molecule has 1 atom stereocenters. The Balaban J connectivity index is 1.46. The molecule has 7 nitrogen and oxygen atoms in total. The summed E-state index contributed by atoms with van der Waals surface area (Å²) in [6.45, 7) is 5.68. The maximum Gasteiger partial charge on any atom is 0.343 e. The molecule has 1 saturated carbocycles. The molecule has 0 aromatic carbocycles. The Kier molecular flexibility index (Phi) is 5.24. The van der Waals surface area contributed by atoms with Gasteiger partial charge >= 0.3 is 5.69 Å². The Labute approximate surface area is 154 Å². The third-order valence-corrected chi connectivity index (χ3v) is 6.13. The van der Waals surface area contributed by atoms with Gasteiger partial charge in [0.05, 0.1) is 6.20 Å². The molecule has 2 fully saturated rings. The predicted molar refractivity (Wildman–Crippen MR) is 100 cm³/mol. The van der Waals surface area contributed by atoms with E-state index in [1.165, 1.54) is 43.4 Å². The molecule has 1 unspecified atom stereocenters. The summed E-state index contributed by atoms with van der Waals surface area (Å²) in [5, 5.41) is 14.6. The van der Waals surface area contributed by atoms with Crippen LogP contribution in [0.1, 0.15) is 80.8 Å². The van der Waals surface area contributed by atoms with Crippen molar-refractivity contribution in [3.05, 3.63) is 33.8 Å². The summed E-state index contributed by atoms with van der Waals surface area (Å²) in [6.07, 6.45) is 10.9. The highest BCUT2D eigenvalue weighted by Gasteiger charge is 2.27. The Morgan fingerprint density at radius 1 is 1.12 bits per heavy atom. The molecule has 1 saturated heterocycles. The summed E-state index contributed by atoms with van der Waals surface area (Å²) in [5.41, 5.74) is 2.62. The van der Waals surface area contributed by atoms with E-state index in [1.54, 1.807) is 4.57 Å². The average molecular weight is 358 g/mol. The van der Waals surface area contributed by atoms with Crippen molar-refractivity contribution >= 4 is 0 Å². The van der Waals surface area contributed by atoms with Gasteiger partial charge in [-0.15, -0.1) is 0 Å². The molecule has 2 aromatic rings. The monoisotopic (exact) mass is 358 g/mol. The number of rotatable bonds is 5. The highest BCUT2D eigenvalue weighted by molar-refractivity contribution is 5.21. The van der Waals surface area contributed by atoms with Gasteiger partial charge in [0.25, 0.3) is 0 Å². The Morgan fingerprint density at radius 2 is 1.92 bits per heavy atom. The van der Waals surface area contributed by atoms with Crippen LogP contribution in [0.4, 0.5) is 0 Å². The van der Waals surface area contributed by atoms with Crippen molar-refractivity contribution in [3.63, 3.8) is 0 Å². The molecular weight excluding hydrogens is 328 g/mol. The fourth-order valence-electron chi connectivity index (χ4n) is 4.79. The summed E-state index contributed by atoms with van der Waals surface area (Å²) < 4.78 is 1.78. The van der Waals surface area contributed by atoms with Crippen LogP contribution in [0, 0.1) is 0 Å². The quantitative estimate of drug-likeness (QED) is 0.861. The summed E-state index contributed by atoms with van der Waals surface area (Å²) >= 11 is 0. The minimum atomic E-state index is -0.0888. The Hall–Kier alpha value is -1.89. The van der Waals surface area contributed by atoms with Gasteiger partial charge in [-0.25, -0.2) is 9.89 Å². The zero-order chi connectivity index (χ0) is 17.9. The second-order valence-electron chi connectivity index (χ2n) is 7.85. The zero-order valence-corrected chi connectivity index (χ0v) is 15.7. The number of aromatic amines is 2. The van der Waals surface area contributed by atoms with E-state index in [1.807, 2.05) is 13.1 Å². The van der Waals surface area contributed by atoms with Gasteiger partial charge in [0, 0.05) is 42.7 Å². The molecule has 1 aliphatic carbocycles. The molecule has 0 radical (unpaired) electrons. The topological polar surface area (TPSA) is 82.6 Å². The van der Waals surface area contributed by atoms with Crippen LogP contribution in [0.15, 0.2) is 11.0 Å². The third-order valence-electron chi connectivity index (χ3n) is 6.13. The van der Waals surface area contributed by atoms with Crippen LogP contribution in [0.2, 0.25) is 0 Å². The van der Waals surface area contributed by atoms with Gasteiger partial charge in [0.15, 0.2) is 0 Å². The third kappa shape index (κ3) is 3.49. The van der Waals surface area contributed by atoms with Crippen molar-refractivity contribution in [2.24, 2.45) is 0 Å². The minimum Gasteiger partial charge on any atom is -0.298 e. The zero-order valence-electron chi connectivity index (χ0n) is 15.7. The lowest BCUT2D eigenvalue weighted by Crippen LogP contribution is -2.35. The smallest absolute Gasteiger partial charge is 0.298 e. The molecule has 1 aliphatic heterocycles. The van der Waals surface area contributed by atoms with E-state index in [-0.39, 0.29) is 5.69 Å². The number of hydrogen-bond donors (Lipinski definition) is 2. The largest absolute Gasteiger partial charge is 0.343 e. The van der Waals surface area contributed by atoms with Crippen LogP contribution in [0.3, 0.4) is 0 Å². The molecular formula is C19H30N6O. The maximum atomic E-state index is 11.9. The summed E-state index contributed by atoms with van der Waals surface area (Å²) in [5.74, 6) is 1.90. The fourth-order valence-corrected chi connectivity index (χ4v) is 4.79. The van der Waals surface area contributed by atoms with Gasteiger partial charge in [-0.2, -0.15) is 10.2 Å². The number of piperidine rings is 1. The molecule has 142 valence electrons. The second-order valence-corrected chi connectivity index (χ2v) is 7.85. The number of likely N-dealkylation sites (tertiary alicyclic amines) is 1. The molecule has 0 spiro atoms. The van der Waals surface area contributed by atoms with Crippen molar-refractivity contribution in [2.45, 2.75) is 76.8 Å². The first-order chi connectivity index (χ1) is 12.8. The maximum absolute atomic E-state index is 11.9. The molecule has 0 amide bonds. The van der Waals surface area contributed by atoms with Crippen LogP contribution < -0.4 is 5.69 Å². The van der Waals surface area contributed by atoms with Crippen molar-refractivity contribution < 1.29 is 0 Å². The van der Waals surface area contributed by atoms with E-state index in [0.717, 1.165) is 38.3 Å². The van der Waals surface area contributed by atoms with Crippen LogP contribution in [-0.4, -0.2) is 43.0 Å². The summed E-state index contributed by atoms with van der Waals surface area (Å²) in [6, 6.07) is 0. The number of nitrogens with one attached hydrogen (secondary N) is 2. The van der Waals surface area contributed by atoms with Gasteiger partial charge in [-0.3, -0.25) is 14.6 Å². The van der Waals surface area contributed by atoms with E-state index in [0.29, 0.717) is 18.4 Å². The summed E-state index contributed by atoms with van der Waals surface area (Å²) in [7, 11) is 0. The Bertz CT molecular complexity index is 769. The van der Waals surface area contributed by atoms with Crippen LogP contribution in [-0.2, 0) is 13.1 Å². The molecule has 4 rings (SSSR count). The predicted octanol–water partition coefficient (Wildman–Crippen LogP) is 2.74. The highest BCUT2D eigenvalue weighted by atomic mass is 16.1.